The van der Waals surface area contributed by atoms with Gasteiger partial charge in [0.2, 0.25) is 0 Å². The van der Waals surface area contributed by atoms with Gasteiger partial charge in [0, 0.05) is 5.92 Å². The second kappa shape index (κ2) is 10.9. The minimum absolute atomic E-state index is 0.0749. The van der Waals surface area contributed by atoms with E-state index in [0.29, 0.717) is 32.1 Å². The topological polar surface area (TPSA) is 109 Å². The summed E-state index contributed by atoms with van der Waals surface area (Å²) in [5, 5.41) is 37.2. The monoisotopic (exact) mass is 429 g/mol. The van der Waals surface area contributed by atoms with Gasteiger partial charge in [-0.25, -0.2) is 0 Å². The Balaban J connectivity index is 3.32. The van der Waals surface area contributed by atoms with Crippen LogP contribution in [0, 0.1) is 23.7 Å². The number of carbonyl (C=O) groups excluding carboxylic acids is 1. The lowest BCUT2D eigenvalue weighted by Gasteiger charge is -2.39. The molecule has 0 aromatic rings. The molecule has 1 aliphatic rings. The van der Waals surface area contributed by atoms with Gasteiger partial charge in [0.1, 0.15) is 18.8 Å². The Hall–Kier alpha value is -1.18. The van der Waals surface area contributed by atoms with E-state index < -0.39 is 29.4 Å². The molecule has 176 valence electrons. The predicted molar refractivity (Wildman–Crippen MR) is 117 cm³/mol. The van der Waals surface area contributed by atoms with Crippen molar-refractivity contribution in [3.63, 3.8) is 0 Å². The molecule has 7 nitrogen and oxygen atoms in total. The number of aliphatic hydroxyl groups excluding tert-OH is 1. The van der Waals surface area contributed by atoms with E-state index in [2.05, 4.69) is 5.16 Å². The van der Waals surface area contributed by atoms with Crippen LogP contribution in [-0.4, -0.2) is 57.5 Å². The second-order valence-corrected chi connectivity index (χ2v) is 10.00. The summed E-state index contributed by atoms with van der Waals surface area (Å²) in [7, 11) is 1.47. The van der Waals surface area contributed by atoms with Crippen LogP contribution in [-0.2, 0) is 14.4 Å². The zero-order valence-corrected chi connectivity index (χ0v) is 20.0. The number of cyclic esters (lactones) is 1. The van der Waals surface area contributed by atoms with Crippen molar-refractivity contribution in [2.45, 2.75) is 104 Å². The fourth-order valence-electron chi connectivity index (χ4n) is 4.92. The quantitative estimate of drug-likeness (QED) is 0.459. The third-order valence-electron chi connectivity index (χ3n) is 6.42. The van der Waals surface area contributed by atoms with E-state index in [1.807, 2.05) is 34.6 Å². The van der Waals surface area contributed by atoms with Crippen LogP contribution < -0.4 is 0 Å². The van der Waals surface area contributed by atoms with Gasteiger partial charge in [-0.2, -0.15) is 0 Å². The lowest BCUT2D eigenvalue weighted by atomic mass is 9.78. The summed E-state index contributed by atoms with van der Waals surface area (Å²) in [5.41, 5.74) is -1.82. The molecule has 1 heterocycles. The normalized spacial score (nSPS) is 44.1. The van der Waals surface area contributed by atoms with E-state index in [4.69, 9.17) is 9.57 Å². The molecule has 0 aromatic heterocycles. The summed E-state index contributed by atoms with van der Waals surface area (Å²) in [6.45, 7) is 12.8. The number of aliphatic hydroxyl groups is 3. The number of hydrogen-bond acceptors (Lipinski definition) is 7. The van der Waals surface area contributed by atoms with E-state index in [-0.39, 0.29) is 23.7 Å². The number of hydrogen-bond donors (Lipinski definition) is 3. The SMILES string of the molecule is CC[C@H]1OC(=O)C(C)C[C@H](C)C[C@](C)(O)C[C@@H](C)/C(=N\OC)CC(C)C(O)[C@]1(C)O. The van der Waals surface area contributed by atoms with E-state index in [1.54, 1.807) is 6.92 Å². The van der Waals surface area contributed by atoms with Crippen molar-refractivity contribution in [1.29, 1.82) is 0 Å². The Kier molecular flexibility index (Phi) is 9.77. The van der Waals surface area contributed by atoms with Gasteiger partial charge in [-0.05, 0) is 57.8 Å². The minimum atomic E-state index is -1.61. The molecule has 1 fully saturated rings. The van der Waals surface area contributed by atoms with Crippen molar-refractivity contribution in [3.05, 3.63) is 0 Å². The van der Waals surface area contributed by atoms with Crippen molar-refractivity contribution in [3.8, 4) is 0 Å². The number of esters is 1. The van der Waals surface area contributed by atoms with Crippen LogP contribution in [0.3, 0.4) is 0 Å². The molecule has 8 atom stereocenters. The molecule has 1 saturated heterocycles. The molecule has 0 amide bonds. The number of carbonyl (C=O) groups is 1. The van der Waals surface area contributed by atoms with Gasteiger partial charge in [-0.3, -0.25) is 4.79 Å². The van der Waals surface area contributed by atoms with Gasteiger partial charge in [0.15, 0.2) is 0 Å². The summed E-state index contributed by atoms with van der Waals surface area (Å²) >= 11 is 0. The summed E-state index contributed by atoms with van der Waals surface area (Å²) in [6, 6.07) is 0. The fraction of sp³-hybridized carbons (Fsp3) is 0.913. The van der Waals surface area contributed by atoms with E-state index in [9.17, 15) is 20.1 Å². The second-order valence-electron chi connectivity index (χ2n) is 10.00. The molecule has 0 saturated carbocycles. The van der Waals surface area contributed by atoms with Crippen molar-refractivity contribution >= 4 is 11.7 Å². The van der Waals surface area contributed by atoms with Crippen molar-refractivity contribution in [2.75, 3.05) is 7.11 Å². The van der Waals surface area contributed by atoms with Crippen molar-refractivity contribution in [1.82, 2.24) is 0 Å². The average Bonchev–Trinajstić information content (AvgIpc) is 2.62. The van der Waals surface area contributed by atoms with E-state index in [1.165, 1.54) is 14.0 Å². The van der Waals surface area contributed by atoms with Crippen molar-refractivity contribution < 1.29 is 29.7 Å². The van der Waals surface area contributed by atoms with Crippen LogP contribution in [0.2, 0.25) is 0 Å². The van der Waals surface area contributed by atoms with Gasteiger partial charge < -0.3 is 24.9 Å². The first kappa shape index (κ1) is 26.9. The number of nitrogens with zero attached hydrogens (tertiary/aromatic N) is 1. The number of rotatable bonds is 2. The van der Waals surface area contributed by atoms with Gasteiger partial charge in [0.05, 0.1) is 23.3 Å². The average molecular weight is 430 g/mol. The lowest BCUT2D eigenvalue weighted by Crippen LogP contribution is -2.54. The Labute approximate surface area is 181 Å². The predicted octanol–water partition coefficient (Wildman–Crippen LogP) is 3.29. The molecule has 0 spiro atoms. The minimum Gasteiger partial charge on any atom is -0.459 e. The summed E-state index contributed by atoms with van der Waals surface area (Å²) in [6.07, 6.45) is 0.406. The molecule has 1 rings (SSSR count). The fourth-order valence-corrected chi connectivity index (χ4v) is 4.92. The Morgan fingerprint density at radius 3 is 2.27 bits per heavy atom. The zero-order valence-electron chi connectivity index (χ0n) is 20.0. The first-order chi connectivity index (χ1) is 13.7. The molecule has 0 aliphatic carbocycles. The van der Waals surface area contributed by atoms with Crippen molar-refractivity contribution in [2.24, 2.45) is 28.8 Å². The van der Waals surface area contributed by atoms with Crippen LogP contribution in [0.15, 0.2) is 5.16 Å². The largest absolute Gasteiger partial charge is 0.459 e. The molecule has 3 unspecified atom stereocenters. The van der Waals surface area contributed by atoms with Crippen LogP contribution in [0.5, 0.6) is 0 Å². The summed E-state index contributed by atoms with van der Waals surface area (Å²) in [5.74, 6) is -1.10. The molecule has 7 heteroatoms. The number of ether oxygens (including phenoxy) is 1. The zero-order chi connectivity index (χ0) is 23.3. The molecule has 3 N–H and O–H groups in total. The third kappa shape index (κ3) is 7.20. The molecule has 0 aromatic carbocycles. The summed E-state index contributed by atoms with van der Waals surface area (Å²) in [4.78, 5) is 17.7. The van der Waals surface area contributed by atoms with E-state index in [0.717, 1.165) is 5.71 Å². The standard InChI is InChI=1S/C23H43NO6/c1-9-19-23(7,28)20(25)15(3)11-18(24-29-8)17(5)13-22(6,27)12-14(2)10-16(4)21(26)30-19/h14-17,19-20,25,27-28H,9-13H2,1-8H3/b24-18-/t14-,15?,16?,17+,19+,20?,22-,23+/m0/s1. The van der Waals surface area contributed by atoms with Crippen LogP contribution in [0.4, 0.5) is 0 Å². The highest BCUT2D eigenvalue weighted by molar-refractivity contribution is 5.86. The maximum Gasteiger partial charge on any atom is 0.309 e. The first-order valence-electron chi connectivity index (χ1n) is 11.2. The molecule has 30 heavy (non-hydrogen) atoms. The van der Waals surface area contributed by atoms with Gasteiger partial charge >= 0.3 is 5.97 Å². The molecule has 0 bridgehead atoms. The Morgan fingerprint density at radius 1 is 1.13 bits per heavy atom. The maximum absolute atomic E-state index is 12.7. The van der Waals surface area contributed by atoms with Crippen LogP contribution in [0.25, 0.3) is 0 Å². The molecular weight excluding hydrogens is 386 g/mol. The highest BCUT2D eigenvalue weighted by Gasteiger charge is 2.44. The third-order valence-corrected chi connectivity index (χ3v) is 6.42. The first-order valence-corrected chi connectivity index (χ1v) is 11.2. The highest BCUT2D eigenvalue weighted by atomic mass is 16.6. The highest BCUT2D eigenvalue weighted by Crippen LogP contribution is 2.33. The lowest BCUT2D eigenvalue weighted by molar-refractivity contribution is -0.188. The van der Waals surface area contributed by atoms with Crippen LogP contribution >= 0.6 is 0 Å². The Morgan fingerprint density at radius 2 is 1.73 bits per heavy atom. The molecule has 0 radical (unpaired) electrons. The van der Waals surface area contributed by atoms with Crippen LogP contribution in [0.1, 0.15) is 80.6 Å². The molecular formula is C23H43NO6. The smallest absolute Gasteiger partial charge is 0.309 e. The molecule has 1 aliphatic heterocycles. The van der Waals surface area contributed by atoms with E-state index >= 15 is 0 Å². The number of oxime groups is 1. The van der Waals surface area contributed by atoms with Gasteiger partial charge in [-0.1, -0.05) is 39.8 Å². The Bertz CT molecular complexity index is 588. The summed E-state index contributed by atoms with van der Waals surface area (Å²) < 4.78 is 5.65. The van der Waals surface area contributed by atoms with Gasteiger partial charge in [0.25, 0.3) is 0 Å². The maximum atomic E-state index is 12.7. The van der Waals surface area contributed by atoms with Gasteiger partial charge in [-0.15, -0.1) is 0 Å².